The second-order valence-corrected chi connectivity index (χ2v) is 8.16. The molecule has 1 N–H and O–H groups in total. The number of rotatable bonds is 7. The maximum Gasteiger partial charge on any atom is 0.343 e. The summed E-state index contributed by atoms with van der Waals surface area (Å²) in [7, 11) is 1.63. The molecule has 0 aliphatic carbocycles. The Kier molecular flexibility index (Phi) is 6.05. The third-order valence-electron chi connectivity index (χ3n) is 4.29. The number of nitrogens with one attached hydrogen (secondary N) is 1. The van der Waals surface area contributed by atoms with E-state index in [9.17, 15) is 4.79 Å². The minimum absolute atomic E-state index is 0.249. The zero-order valence-corrected chi connectivity index (χ0v) is 19.0. The van der Waals surface area contributed by atoms with Gasteiger partial charge in [-0.15, -0.1) is 0 Å². The van der Waals surface area contributed by atoms with E-state index in [2.05, 4.69) is 25.4 Å². The van der Waals surface area contributed by atoms with Gasteiger partial charge in [-0.1, -0.05) is 23.1 Å². The lowest BCUT2D eigenvalue weighted by Gasteiger charge is -2.11. The van der Waals surface area contributed by atoms with Crippen molar-refractivity contribution in [3.63, 3.8) is 0 Å². The van der Waals surface area contributed by atoms with Gasteiger partial charge in [-0.3, -0.25) is 0 Å². The number of carbonyl (C=O) groups is 1. The van der Waals surface area contributed by atoms with Crippen molar-refractivity contribution in [3.8, 4) is 10.9 Å². The zero-order valence-electron chi connectivity index (χ0n) is 17.4. The number of hydrogen-bond acceptors (Lipinski definition) is 10. The van der Waals surface area contributed by atoms with Gasteiger partial charge in [-0.05, 0) is 38.3 Å². The molecule has 0 fully saturated rings. The Bertz CT molecular complexity index is 1250. The summed E-state index contributed by atoms with van der Waals surface area (Å²) in [6.45, 7) is 3.90. The Morgan fingerprint density at radius 1 is 1.29 bits per heavy atom. The highest BCUT2D eigenvalue weighted by Crippen LogP contribution is 2.31. The summed E-state index contributed by atoms with van der Waals surface area (Å²) in [6, 6.07) is 7.58. The highest BCUT2D eigenvalue weighted by Gasteiger charge is 2.19. The van der Waals surface area contributed by atoms with Gasteiger partial charge in [-0.2, -0.15) is 9.78 Å². The molecule has 0 unspecified atom stereocenters. The third kappa shape index (κ3) is 4.32. The van der Waals surface area contributed by atoms with E-state index >= 15 is 0 Å². The predicted molar refractivity (Wildman–Crippen MR) is 121 cm³/mol. The minimum Gasteiger partial charge on any atom is -0.497 e. The predicted octanol–water partition coefficient (Wildman–Crippen LogP) is 4.23. The molecule has 0 atom stereocenters. The topological polar surface area (TPSA) is 104 Å². The first-order chi connectivity index (χ1) is 15.0. The van der Waals surface area contributed by atoms with Crippen molar-refractivity contribution in [2.24, 2.45) is 0 Å². The molecule has 0 bridgehead atoms. The number of thiazole rings is 1. The van der Waals surface area contributed by atoms with Crippen LogP contribution in [0.2, 0.25) is 0 Å². The number of ether oxygens (including phenoxy) is 2. The summed E-state index contributed by atoms with van der Waals surface area (Å²) in [6.07, 6.45) is 3.34. The molecule has 0 radical (unpaired) electrons. The van der Waals surface area contributed by atoms with Crippen LogP contribution in [0.4, 0.5) is 11.6 Å². The Labute approximate surface area is 186 Å². The van der Waals surface area contributed by atoms with Crippen LogP contribution in [-0.4, -0.2) is 50.7 Å². The molecule has 1 aromatic carbocycles. The Morgan fingerprint density at radius 3 is 2.87 bits per heavy atom. The fourth-order valence-corrected chi connectivity index (χ4v) is 4.18. The number of benzene rings is 1. The highest BCUT2D eigenvalue weighted by atomic mass is 32.2. The van der Waals surface area contributed by atoms with Gasteiger partial charge in [0.15, 0.2) is 11.0 Å². The zero-order chi connectivity index (χ0) is 22.0. The number of hydrogen-bond donors (Lipinski definition) is 1. The lowest BCUT2D eigenvalue weighted by atomic mass is 10.3. The number of carbonyl (C=O) groups excluding carboxylic acids is 1. The molecule has 4 rings (SSSR count). The van der Waals surface area contributed by atoms with Crippen LogP contribution in [0.15, 0.2) is 35.6 Å². The average Bonchev–Trinajstić information content (AvgIpc) is 3.35. The van der Waals surface area contributed by atoms with Gasteiger partial charge in [0.25, 0.3) is 0 Å². The molecule has 31 heavy (non-hydrogen) atoms. The maximum atomic E-state index is 12.4. The molecule has 3 aromatic heterocycles. The molecule has 0 spiro atoms. The van der Waals surface area contributed by atoms with E-state index in [1.165, 1.54) is 29.3 Å². The first-order valence-electron chi connectivity index (χ1n) is 9.39. The number of thioether (sulfide) groups is 1. The molecule has 0 aliphatic rings. The van der Waals surface area contributed by atoms with Crippen LogP contribution in [0.25, 0.3) is 15.3 Å². The molecule has 0 aliphatic heterocycles. The summed E-state index contributed by atoms with van der Waals surface area (Å²) < 4.78 is 13.1. The van der Waals surface area contributed by atoms with Gasteiger partial charge in [0.1, 0.15) is 17.1 Å². The van der Waals surface area contributed by atoms with Crippen molar-refractivity contribution in [2.45, 2.75) is 19.0 Å². The first kappa shape index (κ1) is 21.1. The van der Waals surface area contributed by atoms with Gasteiger partial charge in [0, 0.05) is 12.3 Å². The quantitative estimate of drug-likeness (QED) is 0.248. The largest absolute Gasteiger partial charge is 0.497 e. The second kappa shape index (κ2) is 8.90. The second-order valence-electron chi connectivity index (χ2n) is 6.38. The molecule has 3 heterocycles. The summed E-state index contributed by atoms with van der Waals surface area (Å²) in [5.41, 5.74) is 1.88. The van der Waals surface area contributed by atoms with E-state index in [1.54, 1.807) is 18.7 Å². The van der Waals surface area contributed by atoms with Crippen LogP contribution < -0.4 is 10.1 Å². The summed E-state index contributed by atoms with van der Waals surface area (Å²) in [5, 5.41) is 9.00. The van der Waals surface area contributed by atoms with Crippen LogP contribution in [0.3, 0.4) is 0 Å². The molecular weight excluding hydrogens is 436 g/mol. The number of aromatic nitrogens is 5. The van der Waals surface area contributed by atoms with Gasteiger partial charge in [0.05, 0.1) is 29.6 Å². The van der Waals surface area contributed by atoms with Crippen LogP contribution in [0, 0.1) is 6.92 Å². The molecular formula is C20H20N6O3S2. The van der Waals surface area contributed by atoms with Crippen LogP contribution in [0.1, 0.15) is 23.0 Å². The number of anilines is 2. The number of nitrogens with zero attached hydrogens (tertiary/aromatic N) is 5. The molecule has 11 heteroatoms. The van der Waals surface area contributed by atoms with Crippen molar-refractivity contribution in [3.05, 3.63) is 41.7 Å². The molecule has 9 nitrogen and oxygen atoms in total. The van der Waals surface area contributed by atoms with E-state index in [-0.39, 0.29) is 12.2 Å². The van der Waals surface area contributed by atoms with Crippen molar-refractivity contribution in [2.75, 3.05) is 25.3 Å². The van der Waals surface area contributed by atoms with Gasteiger partial charge in [-0.25, -0.2) is 19.7 Å². The lowest BCUT2D eigenvalue weighted by Crippen LogP contribution is -2.12. The molecule has 160 valence electrons. The normalized spacial score (nSPS) is 11.0. The SMILES string of the molecule is CCOC(=O)c1cnc(SC)nc1Nc1cc(C)nn1-c1nc2ccc(OC)cc2s1. The fourth-order valence-electron chi connectivity index (χ4n) is 2.88. The average molecular weight is 457 g/mol. The highest BCUT2D eigenvalue weighted by molar-refractivity contribution is 7.98. The maximum absolute atomic E-state index is 12.4. The van der Waals surface area contributed by atoms with Crippen LogP contribution in [0.5, 0.6) is 5.75 Å². The summed E-state index contributed by atoms with van der Waals surface area (Å²) in [5.74, 6) is 1.25. The first-order valence-corrected chi connectivity index (χ1v) is 11.4. The Morgan fingerprint density at radius 2 is 2.13 bits per heavy atom. The molecule has 4 aromatic rings. The van der Waals surface area contributed by atoms with E-state index in [4.69, 9.17) is 9.47 Å². The lowest BCUT2D eigenvalue weighted by molar-refractivity contribution is 0.0526. The van der Waals surface area contributed by atoms with Crippen LogP contribution in [-0.2, 0) is 4.74 Å². The van der Waals surface area contributed by atoms with E-state index in [0.717, 1.165) is 21.7 Å². The number of methoxy groups -OCH3 is 1. The Balaban J connectivity index is 1.76. The number of fused-ring (bicyclic) bond motifs is 1. The van der Waals surface area contributed by atoms with Gasteiger partial charge >= 0.3 is 5.97 Å². The Hall–Kier alpha value is -3.18. The van der Waals surface area contributed by atoms with Crippen molar-refractivity contribution in [1.29, 1.82) is 0 Å². The number of aryl methyl sites for hydroxylation is 1. The summed E-state index contributed by atoms with van der Waals surface area (Å²) in [4.78, 5) is 25.8. The monoisotopic (exact) mass is 456 g/mol. The van der Waals surface area contributed by atoms with Crippen molar-refractivity contribution >= 4 is 50.9 Å². The fraction of sp³-hybridized carbons (Fsp3) is 0.250. The van der Waals surface area contributed by atoms with Crippen molar-refractivity contribution in [1.82, 2.24) is 24.7 Å². The molecule has 0 saturated carbocycles. The number of esters is 1. The standard InChI is InChI=1S/C20H20N6O3S2/c1-5-29-18(27)13-10-21-19(30-4)24-17(13)23-16-8-11(2)25-26(16)20-22-14-7-6-12(28-3)9-15(14)31-20/h6-10H,5H2,1-4H3,(H,21,23,24). The van der Waals surface area contributed by atoms with E-state index in [1.807, 2.05) is 37.4 Å². The van der Waals surface area contributed by atoms with Crippen LogP contribution >= 0.6 is 23.1 Å². The third-order valence-corrected chi connectivity index (χ3v) is 5.84. The minimum atomic E-state index is -0.493. The van der Waals surface area contributed by atoms with Gasteiger partial charge in [0.2, 0.25) is 5.13 Å². The summed E-state index contributed by atoms with van der Waals surface area (Å²) >= 11 is 2.87. The van der Waals surface area contributed by atoms with Crippen molar-refractivity contribution < 1.29 is 14.3 Å². The van der Waals surface area contributed by atoms with E-state index < -0.39 is 5.97 Å². The molecule has 0 amide bonds. The molecule has 0 saturated heterocycles. The van der Waals surface area contributed by atoms with E-state index in [0.29, 0.717) is 21.9 Å². The smallest absolute Gasteiger partial charge is 0.343 e. The van der Waals surface area contributed by atoms with Gasteiger partial charge < -0.3 is 14.8 Å².